The van der Waals surface area contributed by atoms with Gasteiger partial charge in [-0.3, -0.25) is 0 Å². The van der Waals surface area contributed by atoms with Crippen molar-refractivity contribution in [1.29, 1.82) is 0 Å². The second-order valence-corrected chi connectivity index (χ2v) is 7.71. The first-order chi connectivity index (χ1) is 11.2. The molecule has 3 aliphatic rings. The van der Waals surface area contributed by atoms with E-state index in [0.29, 0.717) is 17.9 Å². The Morgan fingerprint density at radius 2 is 1.65 bits per heavy atom. The molecule has 4 rings (SSSR count). The summed E-state index contributed by atoms with van der Waals surface area (Å²) in [4.78, 5) is 2.16. The van der Waals surface area contributed by atoms with Crippen molar-refractivity contribution in [3.05, 3.63) is 41.5 Å². The second kappa shape index (κ2) is 6.32. The minimum Gasteiger partial charge on any atom is -0.378 e. The number of hydrogen-bond donors (Lipinski definition) is 0. The third-order valence-electron chi connectivity index (χ3n) is 6.08. The van der Waals surface area contributed by atoms with Crippen LogP contribution in [0, 0.1) is 11.8 Å². The van der Waals surface area contributed by atoms with Crippen LogP contribution in [0.25, 0.3) is 0 Å². The smallest absolute Gasteiger partial charge is 0.0894 e. The molecule has 124 valence electrons. The van der Waals surface area contributed by atoms with E-state index in [1.165, 1.54) is 56.2 Å². The van der Waals surface area contributed by atoms with Gasteiger partial charge in [-0.05, 0) is 49.8 Å². The highest BCUT2D eigenvalue weighted by Gasteiger charge is 2.43. The fourth-order valence-corrected chi connectivity index (χ4v) is 4.87. The predicted molar refractivity (Wildman–Crippen MR) is 95.8 cm³/mol. The normalized spacial score (nSPS) is 33.4. The highest BCUT2D eigenvalue weighted by molar-refractivity contribution is 5.46. The molecule has 0 radical (unpaired) electrons. The van der Waals surface area contributed by atoms with Crippen molar-refractivity contribution in [3.63, 3.8) is 0 Å². The van der Waals surface area contributed by atoms with Gasteiger partial charge in [0.25, 0.3) is 0 Å². The van der Waals surface area contributed by atoms with Gasteiger partial charge < -0.3 is 9.64 Å². The first-order valence-electron chi connectivity index (χ1n) is 9.37. The van der Waals surface area contributed by atoms with Crippen molar-refractivity contribution in [1.82, 2.24) is 0 Å². The molecule has 23 heavy (non-hydrogen) atoms. The lowest BCUT2D eigenvalue weighted by Crippen LogP contribution is -2.41. The molecule has 2 nitrogen and oxygen atoms in total. The van der Waals surface area contributed by atoms with E-state index in [-0.39, 0.29) is 6.10 Å². The van der Waals surface area contributed by atoms with Gasteiger partial charge in [0.1, 0.15) is 0 Å². The van der Waals surface area contributed by atoms with Gasteiger partial charge >= 0.3 is 0 Å². The van der Waals surface area contributed by atoms with Crippen LogP contribution in [0.4, 0.5) is 5.69 Å². The van der Waals surface area contributed by atoms with Gasteiger partial charge in [0.2, 0.25) is 0 Å². The molecule has 1 aromatic carbocycles. The molecule has 0 bridgehead atoms. The van der Waals surface area contributed by atoms with Gasteiger partial charge in [0.15, 0.2) is 0 Å². The number of fused-ring (bicyclic) bond motifs is 3. The summed E-state index contributed by atoms with van der Waals surface area (Å²) in [6.45, 7) is 0. The topological polar surface area (TPSA) is 12.5 Å². The zero-order chi connectivity index (χ0) is 15.8. The van der Waals surface area contributed by atoms with Gasteiger partial charge in [0, 0.05) is 31.6 Å². The molecular weight excluding hydrogens is 282 g/mol. The van der Waals surface area contributed by atoms with E-state index in [9.17, 15) is 0 Å². The first kappa shape index (κ1) is 15.3. The van der Waals surface area contributed by atoms with Crippen LogP contribution in [0.15, 0.2) is 35.9 Å². The predicted octanol–water partition coefficient (Wildman–Crippen LogP) is 5.11. The van der Waals surface area contributed by atoms with E-state index < -0.39 is 0 Å². The fraction of sp³-hybridized carbons (Fsp3) is 0.619. The van der Waals surface area contributed by atoms with Crippen LogP contribution in [0.3, 0.4) is 0 Å². The lowest BCUT2D eigenvalue weighted by atomic mass is 9.68. The molecular formula is C21H29NO. The van der Waals surface area contributed by atoms with Crippen molar-refractivity contribution in [2.45, 2.75) is 57.2 Å². The molecule has 1 aromatic rings. The molecule has 2 fully saturated rings. The molecule has 4 atom stereocenters. The van der Waals surface area contributed by atoms with Gasteiger partial charge in [-0.2, -0.15) is 0 Å². The highest BCUT2D eigenvalue weighted by atomic mass is 16.5. The van der Waals surface area contributed by atoms with Crippen LogP contribution in [0.5, 0.6) is 0 Å². The molecule has 1 heterocycles. The summed E-state index contributed by atoms with van der Waals surface area (Å²) >= 11 is 0. The van der Waals surface area contributed by atoms with Gasteiger partial charge in [0.05, 0.1) is 12.2 Å². The number of nitrogens with zero attached hydrogens (tertiary/aromatic N) is 1. The van der Waals surface area contributed by atoms with Crippen LogP contribution in [-0.4, -0.2) is 20.2 Å². The number of allylic oxidation sites excluding steroid dienone is 1. The fourth-order valence-electron chi connectivity index (χ4n) is 4.87. The average Bonchev–Trinajstić information content (AvgIpc) is 2.61. The number of hydrogen-bond acceptors (Lipinski definition) is 2. The molecule has 0 unspecified atom stereocenters. The van der Waals surface area contributed by atoms with Crippen LogP contribution in [0.2, 0.25) is 0 Å². The molecule has 0 N–H and O–H groups in total. The Bertz CT molecular complexity index is 574. The molecule has 0 aromatic heterocycles. The molecule has 0 amide bonds. The van der Waals surface area contributed by atoms with Gasteiger partial charge in [-0.15, -0.1) is 0 Å². The number of rotatable bonds is 2. The molecule has 2 aliphatic carbocycles. The van der Waals surface area contributed by atoms with Gasteiger partial charge in [-0.1, -0.05) is 36.6 Å². The minimum absolute atomic E-state index is 0.275. The Morgan fingerprint density at radius 1 is 0.913 bits per heavy atom. The largest absolute Gasteiger partial charge is 0.378 e. The number of anilines is 1. The Morgan fingerprint density at radius 3 is 2.43 bits per heavy atom. The van der Waals surface area contributed by atoms with Crippen LogP contribution < -0.4 is 4.90 Å². The average molecular weight is 311 g/mol. The standard InChI is InChI=1S/C21H29NO/c1-22(2)16-13-11-15(12-14-16)21-19-9-4-3-7-17(19)18-8-5-6-10-20(18)23-21/h7,11-14,18-21H,3-6,8-10H2,1-2H3/t18-,19-,20-,21-/m0/s1. The summed E-state index contributed by atoms with van der Waals surface area (Å²) in [5, 5.41) is 0. The maximum absolute atomic E-state index is 6.69. The van der Waals surface area contributed by atoms with Crippen molar-refractivity contribution in [2.24, 2.45) is 11.8 Å². The molecule has 1 saturated heterocycles. The second-order valence-electron chi connectivity index (χ2n) is 7.71. The summed E-state index contributed by atoms with van der Waals surface area (Å²) in [5.41, 5.74) is 4.38. The van der Waals surface area contributed by atoms with E-state index in [1.807, 2.05) is 0 Å². The lowest BCUT2D eigenvalue weighted by Gasteiger charge is -2.47. The zero-order valence-electron chi connectivity index (χ0n) is 14.5. The van der Waals surface area contributed by atoms with Crippen molar-refractivity contribution in [2.75, 3.05) is 19.0 Å². The number of ether oxygens (including phenoxy) is 1. The SMILES string of the molecule is CN(C)c1ccc([C@@H]2O[C@H]3CCCC[C@H]3C3=CCCC[C@@H]32)cc1. The highest BCUT2D eigenvalue weighted by Crippen LogP contribution is 2.51. The quantitative estimate of drug-likeness (QED) is 0.704. The van der Waals surface area contributed by atoms with E-state index in [2.05, 4.69) is 49.3 Å². The monoisotopic (exact) mass is 311 g/mol. The summed E-state index contributed by atoms with van der Waals surface area (Å²) in [6.07, 6.45) is 12.5. The molecule has 2 heteroatoms. The minimum atomic E-state index is 0.275. The number of benzene rings is 1. The molecule has 0 spiro atoms. The van der Waals surface area contributed by atoms with E-state index in [4.69, 9.17) is 4.74 Å². The van der Waals surface area contributed by atoms with Crippen molar-refractivity contribution in [3.8, 4) is 0 Å². The summed E-state index contributed by atoms with van der Waals surface area (Å²) in [5.74, 6) is 1.33. The Balaban J connectivity index is 1.64. The Labute approximate surface area is 140 Å². The lowest BCUT2D eigenvalue weighted by molar-refractivity contribution is -0.106. The van der Waals surface area contributed by atoms with Gasteiger partial charge in [-0.25, -0.2) is 0 Å². The molecule has 1 saturated carbocycles. The summed E-state index contributed by atoms with van der Waals surface area (Å²) in [7, 11) is 4.20. The third kappa shape index (κ3) is 2.82. The van der Waals surface area contributed by atoms with Crippen LogP contribution in [-0.2, 0) is 4.74 Å². The van der Waals surface area contributed by atoms with E-state index >= 15 is 0 Å². The van der Waals surface area contributed by atoms with Crippen LogP contribution in [0.1, 0.15) is 56.6 Å². The third-order valence-corrected chi connectivity index (χ3v) is 6.08. The van der Waals surface area contributed by atoms with Crippen molar-refractivity contribution < 1.29 is 4.74 Å². The maximum Gasteiger partial charge on any atom is 0.0894 e. The van der Waals surface area contributed by atoms with E-state index in [1.54, 1.807) is 5.57 Å². The zero-order valence-corrected chi connectivity index (χ0v) is 14.5. The van der Waals surface area contributed by atoms with E-state index in [0.717, 1.165) is 0 Å². The first-order valence-corrected chi connectivity index (χ1v) is 9.37. The maximum atomic E-state index is 6.69. The Kier molecular flexibility index (Phi) is 4.19. The molecule has 1 aliphatic heterocycles. The van der Waals surface area contributed by atoms with Crippen molar-refractivity contribution >= 4 is 5.69 Å². The van der Waals surface area contributed by atoms with Crippen LogP contribution >= 0.6 is 0 Å². The Hall–Kier alpha value is -1.28. The summed E-state index contributed by atoms with van der Waals surface area (Å²) < 4.78 is 6.69. The summed E-state index contributed by atoms with van der Waals surface area (Å²) in [6, 6.07) is 9.04.